The highest BCUT2D eigenvalue weighted by molar-refractivity contribution is 5.66. The lowest BCUT2D eigenvalue weighted by atomic mass is 9.44. The molecule has 1 spiro atoms. The molecule has 148 valence electrons. The molecule has 2 saturated carbocycles. The SMILES string of the molecule is C=C[C@@](C)(O)CC[C@H]1[C@@]2(CO2)C[C@H](OC(C)=O)[C@@H]2C(C)(C)CCC[C@@]21C. The largest absolute Gasteiger partial charge is 0.462 e. The van der Waals surface area contributed by atoms with E-state index in [9.17, 15) is 9.90 Å². The maximum atomic E-state index is 11.8. The van der Waals surface area contributed by atoms with E-state index in [4.69, 9.17) is 9.47 Å². The lowest BCUT2D eigenvalue weighted by molar-refractivity contribution is -0.192. The average Bonchev–Trinajstić information content (AvgIpc) is 3.24. The summed E-state index contributed by atoms with van der Waals surface area (Å²) < 4.78 is 11.9. The van der Waals surface area contributed by atoms with E-state index in [1.807, 2.05) is 6.92 Å². The Labute approximate surface area is 158 Å². The Morgan fingerprint density at radius 1 is 1.38 bits per heavy atom. The van der Waals surface area contributed by atoms with Crippen molar-refractivity contribution >= 4 is 5.97 Å². The van der Waals surface area contributed by atoms with E-state index in [-0.39, 0.29) is 28.5 Å². The van der Waals surface area contributed by atoms with Gasteiger partial charge in [0, 0.05) is 19.3 Å². The number of aliphatic hydroxyl groups is 1. The molecule has 1 heterocycles. The number of hydrogen-bond acceptors (Lipinski definition) is 4. The number of fused-ring (bicyclic) bond motifs is 1. The maximum absolute atomic E-state index is 11.8. The van der Waals surface area contributed by atoms with Crippen LogP contribution in [0.5, 0.6) is 0 Å². The molecule has 3 rings (SSSR count). The van der Waals surface area contributed by atoms with Crippen LogP contribution in [0.15, 0.2) is 12.7 Å². The summed E-state index contributed by atoms with van der Waals surface area (Å²) in [6.45, 7) is 14.9. The van der Waals surface area contributed by atoms with Crippen molar-refractivity contribution in [2.75, 3.05) is 6.61 Å². The van der Waals surface area contributed by atoms with Gasteiger partial charge >= 0.3 is 5.97 Å². The van der Waals surface area contributed by atoms with Gasteiger partial charge in [0.25, 0.3) is 0 Å². The highest BCUT2D eigenvalue weighted by Crippen LogP contribution is 2.67. The van der Waals surface area contributed by atoms with Gasteiger partial charge in [-0.25, -0.2) is 0 Å². The van der Waals surface area contributed by atoms with Gasteiger partial charge in [0.2, 0.25) is 0 Å². The van der Waals surface area contributed by atoms with Crippen LogP contribution in [-0.4, -0.2) is 35.0 Å². The van der Waals surface area contributed by atoms with Gasteiger partial charge in [0.1, 0.15) is 6.10 Å². The van der Waals surface area contributed by atoms with Crippen LogP contribution in [0.2, 0.25) is 0 Å². The number of carbonyl (C=O) groups is 1. The third-order valence-corrected chi connectivity index (χ3v) is 7.65. The summed E-state index contributed by atoms with van der Waals surface area (Å²) in [5, 5.41) is 10.5. The first-order valence-corrected chi connectivity index (χ1v) is 10.1. The van der Waals surface area contributed by atoms with Crippen molar-refractivity contribution in [3.8, 4) is 0 Å². The molecule has 26 heavy (non-hydrogen) atoms. The van der Waals surface area contributed by atoms with Crippen LogP contribution in [-0.2, 0) is 14.3 Å². The zero-order valence-electron chi connectivity index (χ0n) is 17.1. The van der Waals surface area contributed by atoms with Crippen LogP contribution in [0, 0.1) is 22.7 Å². The van der Waals surface area contributed by atoms with Crippen LogP contribution >= 0.6 is 0 Å². The second kappa shape index (κ2) is 6.34. The van der Waals surface area contributed by atoms with Gasteiger partial charge in [0.15, 0.2) is 0 Å². The first kappa shape index (κ1) is 19.9. The Balaban J connectivity index is 1.95. The molecule has 0 bridgehead atoms. The van der Waals surface area contributed by atoms with Crippen LogP contribution in [0.25, 0.3) is 0 Å². The number of hydrogen-bond donors (Lipinski definition) is 1. The lowest BCUT2D eigenvalue weighted by Gasteiger charge is -2.61. The van der Waals surface area contributed by atoms with E-state index in [0.717, 1.165) is 32.3 Å². The van der Waals surface area contributed by atoms with Crippen LogP contribution in [0.4, 0.5) is 0 Å². The van der Waals surface area contributed by atoms with Crippen molar-refractivity contribution in [1.29, 1.82) is 0 Å². The molecule has 1 aliphatic heterocycles. The Kier molecular flexibility index (Phi) is 4.85. The minimum atomic E-state index is -0.848. The zero-order valence-corrected chi connectivity index (χ0v) is 17.1. The van der Waals surface area contributed by atoms with E-state index >= 15 is 0 Å². The normalized spacial score (nSPS) is 43.2. The fourth-order valence-electron chi connectivity index (χ4n) is 6.52. The quantitative estimate of drug-likeness (QED) is 0.450. The Hall–Kier alpha value is -0.870. The summed E-state index contributed by atoms with van der Waals surface area (Å²) in [7, 11) is 0. The number of epoxide rings is 1. The van der Waals surface area contributed by atoms with E-state index < -0.39 is 5.60 Å². The fourth-order valence-corrected chi connectivity index (χ4v) is 6.52. The van der Waals surface area contributed by atoms with Crippen LogP contribution in [0.3, 0.4) is 0 Å². The third kappa shape index (κ3) is 3.35. The van der Waals surface area contributed by atoms with Gasteiger partial charge in [-0.15, -0.1) is 6.58 Å². The maximum Gasteiger partial charge on any atom is 0.302 e. The van der Waals surface area contributed by atoms with Gasteiger partial charge in [-0.2, -0.15) is 0 Å². The molecule has 0 radical (unpaired) electrons. The zero-order chi connectivity index (χ0) is 19.4. The van der Waals surface area contributed by atoms with Gasteiger partial charge in [-0.1, -0.05) is 33.3 Å². The van der Waals surface area contributed by atoms with Gasteiger partial charge in [-0.05, 0) is 49.4 Å². The first-order chi connectivity index (χ1) is 12.0. The second-order valence-electron chi connectivity index (χ2n) is 10.2. The van der Waals surface area contributed by atoms with Crippen molar-refractivity contribution in [3.05, 3.63) is 12.7 Å². The van der Waals surface area contributed by atoms with Gasteiger partial charge in [0.05, 0.1) is 17.8 Å². The number of rotatable bonds is 5. The molecule has 0 unspecified atom stereocenters. The summed E-state index contributed by atoms with van der Waals surface area (Å²) in [6.07, 6.45) is 7.44. The van der Waals surface area contributed by atoms with E-state index in [1.54, 1.807) is 6.08 Å². The molecule has 1 saturated heterocycles. The predicted molar refractivity (Wildman–Crippen MR) is 102 cm³/mol. The monoisotopic (exact) mass is 364 g/mol. The molecule has 3 fully saturated rings. The molecule has 4 nitrogen and oxygen atoms in total. The highest BCUT2D eigenvalue weighted by atomic mass is 16.6. The molecular weight excluding hydrogens is 328 g/mol. The van der Waals surface area contributed by atoms with Crippen molar-refractivity contribution in [2.45, 2.75) is 90.4 Å². The van der Waals surface area contributed by atoms with Crippen molar-refractivity contribution in [2.24, 2.45) is 22.7 Å². The van der Waals surface area contributed by atoms with Crippen molar-refractivity contribution < 1.29 is 19.4 Å². The summed E-state index contributed by atoms with van der Waals surface area (Å²) in [5.74, 6) is 0.501. The van der Waals surface area contributed by atoms with Crippen LogP contribution < -0.4 is 0 Å². The lowest BCUT2D eigenvalue weighted by Crippen LogP contribution is -2.61. The smallest absolute Gasteiger partial charge is 0.302 e. The summed E-state index contributed by atoms with van der Waals surface area (Å²) >= 11 is 0. The van der Waals surface area contributed by atoms with Crippen molar-refractivity contribution in [1.82, 2.24) is 0 Å². The minimum absolute atomic E-state index is 0.0495. The topological polar surface area (TPSA) is 59.1 Å². The molecule has 0 aromatic heterocycles. The fraction of sp³-hybridized carbons (Fsp3) is 0.864. The Bertz CT molecular complexity index is 575. The standard InChI is InChI=1S/C22H36O4/c1-7-20(5,24)12-9-17-21(6)11-8-10-19(3,4)18(21)16(26-15(2)23)13-22(17)14-25-22/h7,16-18,24H,1,8-14H2,2-6H3/t16-,17+,18+,20+,21+,22-/m0/s1. The molecule has 6 atom stereocenters. The minimum Gasteiger partial charge on any atom is -0.462 e. The molecule has 3 aliphatic rings. The number of ether oxygens (including phenoxy) is 2. The number of carbonyl (C=O) groups excluding carboxylic acids is 1. The molecule has 0 aromatic rings. The second-order valence-corrected chi connectivity index (χ2v) is 10.2. The Morgan fingerprint density at radius 3 is 2.58 bits per heavy atom. The van der Waals surface area contributed by atoms with Crippen LogP contribution in [0.1, 0.15) is 73.1 Å². The summed E-state index contributed by atoms with van der Waals surface area (Å²) in [6, 6.07) is 0. The van der Waals surface area contributed by atoms with E-state index in [0.29, 0.717) is 18.3 Å². The average molecular weight is 365 g/mol. The molecule has 1 N–H and O–H groups in total. The number of esters is 1. The molecular formula is C22H36O4. The Morgan fingerprint density at radius 2 is 2.04 bits per heavy atom. The van der Waals surface area contributed by atoms with E-state index in [2.05, 4.69) is 27.4 Å². The summed E-state index contributed by atoms with van der Waals surface area (Å²) in [4.78, 5) is 11.8. The first-order valence-electron chi connectivity index (χ1n) is 10.1. The third-order valence-electron chi connectivity index (χ3n) is 7.65. The molecule has 2 aliphatic carbocycles. The highest BCUT2D eigenvalue weighted by Gasteiger charge is 2.68. The van der Waals surface area contributed by atoms with E-state index in [1.165, 1.54) is 13.3 Å². The summed E-state index contributed by atoms with van der Waals surface area (Å²) in [5.41, 5.74) is -0.856. The molecule has 0 amide bonds. The van der Waals surface area contributed by atoms with Crippen molar-refractivity contribution in [3.63, 3.8) is 0 Å². The van der Waals surface area contributed by atoms with Gasteiger partial charge in [-0.3, -0.25) is 4.79 Å². The predicted octanol–water partition coefficient (Wildman–Crippen LogP) is 4.26. The van der Waals surface area contributed by atoms with Gasteiger partial charge < -0.3 is 14.6 Å². The molecule has 4 heteroatoms. The molecule has 0 aromatic carbocycles.